The highest BCUT2D eigenvalue weighted by molar-refractivity contribution is 6.04. The summed E-state index contributed by atoms with van der Waals surface area (Å²) in [7, 11) is 0. The fourth-order valence-electron chi connectivity index (χ4n) is 4.03. The second-order valence-electron chi connectivity index (χ2n) is 8.48. The van der Waals surface area contributed by atoms with Gasteiger partial charge >= 0.3 is 0 Å². The number of carbonyl (C=O) groups excluding carboxylic acids is 2. The van der Waals surface area contributed by atoms with Crippen LogP contribution in [0.1, 0.15) is 55.5 Å². The second-order valence-corrected chi connectivity index (χ2v) is 8.48. The molecule has 2 aromatic rings. The number of nitrogens with zero attached hydrogens (tertiary/aromatic N) is 2. The van der Waals surface area contributed by atoms with Gasteiger partial charge in [-0.15, -0.1) is 0 Å². The molecule has 7 heteroatoms. The summed E-state index contributed by atoms with van der Waals surface area (Å²) >= 11 is 0. The van der Waals surface area contributed by atoms with Gasteiger partial charge in [-0.25, -0.2) is 9.37 Å². The topological polar surface area (TPSA) is 68.7 Å². The third-order valence-corrected chi connectivity index (χ3v) is 5.71. The largest absolute Gasteiger partial charge is 0.479 e. The minimum absolute atomic E-state index is 0.0761. The SMILES string of the molecule is CC(C)CCCOc1ccc(O[C@@H]2CCN(c3cc(F)c4c(c3)C(=O)CC4)C2=O)cn1. The number of rotatable bonds is 8. The Morgan fingerprint density at radius 3 is 2.81 bits per heavy atom. The number of hydrogen-bond donors (Lipinski definition) is 0. The fraction of sp³-hybridized carbons (Fsp3) is 0.458. The predicted molar refractivity (Wildman–Crippen MR) is 114 cm³/mol. The molecular formula is C24H27FN2O4. The summed E-state index contributed by atoms with van der Waals surface area (Å²) in [6, 6.07) is 6.42. The van der Waals surface area contributed by atoms with Gasteiger partial charge in [0.1, 0.15) is 11.6 Å². The van der Waals surface area contributed by atoms with Crippen LogP contribution in [0.5, 0.6) is 11.6 Å². The Balaban J connectivity index is 1.36. The van der Waals surface area contributed by atoms with Crippen LogP contribution in [-0.4, -0.2) is 35.9 Å². The zero-order chi connectivity index (χ0) is 22.0. The molecule has 4 rings (SSSR count). The number of benzene rings is 1. The molecule has 0 unspecified atom stereocenters. The maximum absolute atomic E-state index is 14.4. The van der Waals surface area contributed by atoms with E-state index in [2.05, 4.69) is 18.8 Å². The number of ether oxygens (including phenoxy) is 2. The van der Waals surface area contributed by atoms with Gasteiger partial charge in [0.2, 0.25) is 5.88 Å². The van der Waals surface area contributed by atoms with E-state index in [0.29, 0.717) is 66.8 Å². The van der Waals surface area contributed by atoms with E-state index < -0.39 is 11.9 Å². The number of halogens is 1. The number of aromatic nitrogens is 1. The molecule has 0 spiro atoms. The van der Waals surface area contributed by atoms with Crippen molar-refractivity contribution in [2.75, 3.05) is 18.1 Å². The maximum atomic E-state index is 14.4. The van der Waals surface area contributed by atoms with Crippen LogP contribution in [-0.2, 0) is 11.2 Å². The summed E-state index contributed by atoms with van der Waals surface area (Å²) < 4.78 is 25.9. The summed E-state index contributed by atoms with van der Waals surface area (Å²) in [6.07, 6.45) is 4.15. The lowest BCUT2D eigenvalue weighted by Gasteiger charge is -2.18. The molecule has 0 saturated carbocycles. The number of ketones is 1. The number of carbonyl (C=O) groups is 2. The number of amides is 1. The van der Waals surface area contributed by atoms with E-state index in [1.807, 2.05) is 0 Å². The Kier molecular flexibility index (Phi) is 6.20. The summed E-state index contributed by atoms with van der Waals surface area (Å²) in [5, 5.41) is 0. The lowest BCUT2D eigenvalue weighted by Crippen LogP contribution is -2.32. The van der Waals surface area contributed by atoms with Crippen LogP contribution in [0.4, 0.5) is 10.1 Å². The van der Waals surface area contributed by atoms with Gasteiger partial charge in [0.15, 0.2) is 11.9 Å². The Morgan fingerprint density at radius 1 is 1.23 bits per heavy atom. The van der Waals surface area contributed by atoms with Gasteiger partial charge in [0.05, 0.1) is 12.8 Å². The Hall–Kier alpha value is -2.96. The van der Waals surface area contributed by atoms with E-state index in [-0.39, 0.29) is 11.7 Å². The van der Waals surface area contributed by atoms with Crippen molar-refractivity contribution < 1.29 is 23.5 Å². The van der Waals surface area contributed by atoms with Crippen LogP contribution < -0.4 is 14.4 Å². The highest BCUT2D eigenvalue weighted by atomic mass is 19.1. The molecule has 6 nitrogen and oxygen atoms in total. The number of hydrogen-bond acceptors (Lipinski definition) is 5. The number of anilines is 1. The normalized spacial score (nSPS) is 18.1. The van der Waals surface area contributed by atoms with Gasteiger partial charge in [-0.3, -0.25) is 9.59 Å². The Morgan fingerprint density at radius 2 is 2.06 bits per heavy atom. The van der Waals surface area contributed by atoms with Crippen molar-refractivity contribution in [3.8, 4) is 11.6 Å². The Labute approximate surface area is 181 Å². The molecule has 1 fully saturated rings. The van der Waals surface area contributed by atoms with Crippen molar-refractivity contribution in [2.45, 2.75) is 52.1 Å². The molecule has 1 amide bonds. The molecule has 0 N–H and O–H groups in total. The van der Waals surface area contributed by atoms with Gasteiger partial charge in [-0.1, -0.05) is 13.8 Å². The molecule has 1 atom stereocenters. The fourth-order valence-corrected chi connectivity index (χ4v) is 4.03. The van der Waals surface area contributed by atoms with E-state index in [1.54, 1.807) is 24.4 Å². The van der Waals surface area contributed by atoms with Crippen LogP contribution in [0.3, 0.4) is 0 Å². The molecular weight excluding hydrogens is 399 g/mol. The number of fused-ring (bicyclic) bond motifs is 1. The minimum Gasteiger partial charge on any atom is -0.479 e. The lowest BCUT2D eigenvalue weighted by molar-refractivity contribution is -0.122. The van der Waals surface area contributed by atoms with Crippen molar-refractivity contribution in [3.05, 3.63) is 47.4 Å². The molecule has 31 heavy (non-hydrogen) atoms. The minimum atomic E-state index is -0.674. The average molecular weight is 426 g/mol. The summed E-state index contributed by atoms with van der Waals surface area (Å²) in [5.41, 5.74) is 1.25. The smallest absolute Gasteiger partial charge is 0.268 e. The summed E-state index contributed by atoms with van der Waals surface area (Å²) in [6.45, 7) is 5.37. The Bertz CT molecular complexity index is 974. The monoisotopic (exact) mass is 426 g/mol. The molecule has 0 radical (unpaired) electrons. The van der Waals surface area contributed by atoms with Gasteiger partial charge in [0.25, 0.3) is 5.91 Å². The first-order chi connectivity index (χ1) is 14.9. The first kappa shape index (κ1) is 21.3. The molecule has 2 aliphatic rings. The highest BCUT2D eigenvalue weighted by Crippen LogP contribution is 2.32. The van der Waals surface area contributed by atoms with Crippen LogP contribution in [0.2, 0.25) is 0 Å². The molecule has 0 bridgehead atoms. The van der Waals surface area contributed by atoms with E-state index >= 15 is 0 Å². The maximum Gasteiger partial charge on any atom is 0.268 e. The van der Waals surface area contributed by atoms with Crippen LogP contribution in [0.15, 0.2) is 30.5 Å². The molecule has 1 aliphatic heterocycles. The van der Waals surface area contributed by atoms with Gasteiger partial charge in [-0.2, -0.15) is 0 Å². The van der Waals surface area contributed by atoms with Crippen LogP contribution >= 0.6 is 0 Å². The van der Waals surface area contributed by atoms with Crippen LogP contribution in [0, 0.1) is 11.7 Å². The third-order valence-electron chi connectivity index (χ3n) is 5.71. The average Bonchev–Trinajstić information content (AvgIpc) is 3.30. The van der Waals surface area contributed by atoms with E-state index in [1.165, 1.54) is 11.0 Å². The molecule has 1 saturated heterocycles. The van der Waals surface area contributed by atoms with Gasteiger partial charge in [-0.05, 0) is 48.9 Å². The number of Topliss-reactive ketones (excluding diaryl/α,β-unsaturated/α-hetero) is 1. The highest BCUT2D eigenvalue weighted by Gasteiger charge is 2.36. The van der Waals surface area contributed by atoms with Crippen LogP contribution in [0.25, 0.3) is 0 Å². The zero-order valence-corrected chi connectivity index (χ0v) is 17.9. The quantitative estimate of drug-likeness (QED) is 0.587. The predicted octanol–water partition coefficient (Wildman–Crippen LogP) is 4.35. The first-order valence-electron chi connectivity index (χ1n) is 10.8. The van der Waals surface area contributed by atoms with Crippen molar-refractivity contribution in [2.24, 2.45) is 5.92 Å². The summed E-state index contributed by atoms with van der Waals surface area (Å²) in [4.78, 5) is 30.6. The second kappa shape index (κ2) is 9.04. The van der Waals surface area contributed by atoms with Crippen molar-refractivity contribution in [1.29, 1.82) is 0 Å². The molecule has 164 valence electrons. The number of pyridine rings is 1. The van der Waals surface area contributed by atoms with E-state index in [0.717, 1.165) is 12.8 Å². The molecule has 1 aromatic heterocycles. The van der Waals surface area contributed by atoms with Crippen molar-refractivity contribution in [1.82, 2.24) is 4.98 Å². The lowest BCUT2D eigenvalue weighted by atomic mass is 10.1. The summed E-state index contributed by atoms with van der Waals surface area (Å²) in [5.74, 6) is 0.888. The van der Waals surface area contributed by atoms with E-state index in [4.69, 9.17) is 9.47 Å². The standard InChI is InChI=1S/C24H27FN2O4/c1-15(2)4-3-11-30-23-8-5-17(14-26-23)31-22-9-10-27(24(22)29)16-12-19-18(20(25)13-16)6-7-21(19)28/h5,8,12-15,22H,3-4,6-7,9-11H2,1-2H3/t22-/m1/s1. The van der Waals surface area contributed by atoms with Gasteiger partial charge in [0, 0.05) is 36.7 Å². The molecule has 1 aromatic carbocycles. The zero-order valence-electron chi connectivity index (χ0n) is 17.9. The molecule has 2 heterocycles. The van der Waals surface area contributed by atoms with Gasteiger partial charge < -0.3 is 14.4 Å². The third kappa shape index (κ3) is 4.70. The molecule has 1 aliphatic carbocycles. The van der Waals surface area contributed by atoms with E-state index in [9.17, 15) is 14.0 Å². The van der Waals surface area contributed by atoms with Crippen molar-refractivity contribution >= 4 is 17.4 Å². The van der Waals surface area contributed by atoms with Crippen molar-refractivity contribution in [3.63, 3.8) is 0 Å². The first-order valence-corrected chi connectivity index (χ1v) is 10.8.